The molecule has 0 spiro atoms. The van der Waals surface area contributed by atoms with Crippen LogP contribution in [0.3, 0.4) is 0 Å². The molecule has 0 amide bonds. The van der Waals surface area contributed by atoms with Gasteiger partial charge in [-0.25, -0.2) is 0 Å². The largest absolute Gasteiger partial charge is 0.326 e. The molecule has 0 fully saturated rings. The van der Waals surface area contributed by atoms with Gasteiger partial charge in [0.15, 0.2) is 5.88 Å². The van der Waals surface area contributed by atoms with E-state index < -0.39 is 32.0 Å². The summed E-state index contributed by atoms with van der Waals surface area (Å²) in [5.74, 6) is -1.47. The Kier molecular flexibility index (Phi) is 6.00. The van der Waals surface area contributed by atoms with Gasteiger partial charge in [-0.05, 0) is 34.1 Å². The van der Waals surface area contributed by atoms with E-state index in [2.05, 4.69) is 15.9 Å². The summed E-state index contributed by atoms with van der Waals surface area (Å²) < 4.78 is 70.7. The highest BCUT2D eigenvalue weighted by Crippen LogP contribution is 2.52. The van der Waals surface area contributed by atoms with Crippen LogP contribution >= 0.6 is 62.0 Å². The number of anilines is 1. The maximum absolute atomic E-state index is 11.6. The predicted octanol–water partition coefficient (Wildman–Crippen LogP) is 4.14. The monoisotopic (exact) mass is 588 g/mol. The minimum atomic E-state index is -4.58. The van der Waals surface area contributed by atoms with E-state index in [0.29, 0.717) is 26.3 Å². The Morgan fingerprint density at radius 2 is 1.93 bits per heavy atom. The Morgan fingerprint density at radius 3 is 2.60 bits per heavy atom. The van der Waals surface area contributed by atoms with Crippen LogP contribution in [-0.4, -0.2) is 27.3 Å². The van der Waals surface area contributed by atoms with Crippen molar-refractivity contribution in [2.24, 2.45) is 0 Å². The molecule has 3 aromatic rings. The molecule has 0 aliphatic carbocycles. The number of benzene rings is 1. The van der Waals surface area contributed by atoms with Crippen LogP contribution < -0.4 is 9.47 Å². The van der Waals surface area contributed by atoms with Gasteiger partial charge in [-0.1, -0.05) is 39.3 Å². The van der Waals surface area contributed by atoms with Gasteiger partial charge in [0.2, 0.25) is 5.52 Å². The van der Waals surface area contributed by atoms with Crippen molar-refractivity contribution in [1.82, 2.24) is 0 Å². The molecule has 1 aliphatic rings. The van der Waals surface area contributed by atoms with Gasteiger partial charge in [-0.3, -0.25) is 4.55 Å². The molecule has 15 heteroatoms. The van der Waals surface area contributed by atoms with Crippen LogP contribution in [0.15, 0.2) is 37.3 Å². The lowest BCUT2D eigenvalue weighted by Gasteiger charge is -2.16. The van der Waals surface area contributed by atoms with Gasteiger partial charge in [0.1, 0.15) is 4.70 Å². The Bertz CT molecular complexity index is 1410. The molecule has 0 saturated carbocycles. The minimum Gasteiger partial charge on any atom is -0.316 e. The smallest absolute Gasteiger partial charge is 0.316 e. The fourth-order valence-corrected chi connectivity index (χ4v) is 8.78. The van der Waals surface area contributed by atoms with Crippen LogP contribution in [0.25, 0.3) is 16.3 Å². The van der Waals surface area contributed by atoms with Crippen LogP contribution in [0, 0.1) is 0 Å². The Balaban J connectivity index is 1.87. The molecule has 4 rings (SSSR count). The number of hydrogen-bond donors (Lipinski definition) is 1. The zero-order valence-corrected chi connectivity index (χ0v) is 20.9. The fraction of sp³-hybridized carbons (Fsp3) is 0.133. The van der Waals surface area contributed by atoms with Gasteiger partial charge in [0, 0.05) is 11.1 Å². The average molecular weight is 590 g/mol. The second kappa shape index (κ2) is 8.01. The van der Waals surface area contributed by atoms with Crippen molar-refractivity contribution in [3.8, 4) is 0 Å². The first-order valence-corrected chi connectivity index (χ1v) is 14.7. The molecule has 1 radical (unpaired) electrons. The molecule has 1 aromatic carbocycles. The maximum Gasteiger partial charge on any atom is 0.326 e. The zero-order valence-electron chi connectivity index (χ0n) is 14.5. The third-order valence-electron chi connectivity index (χ3n) is 3.92. The first kappa shape index (κ1) is 22.5. The molecule has 0 unspecified atom stereocenters. The normalized spacial score (nSPS) is 16.0. The van der Waals surface area contributed by atoms with E-state index >= 15 is 0 Å². The highest BCUT2D eigenvalue weighted by molar-refractivity contribution is 9.11. The van der Waals surface area contributed by atoms with Crippen LogP contribution in [0.1, 0.15) is 5.01 Å². The fourth-order valence-electron chi connectivity index (χ4n) is 2.85. The lowest BCUT2D eigenvalue weighted by atomic mass is 10.3. The van der Waals surface area contributed by atoms with E-state index in [4.69, 9.17) is 11.6 Å². The van der Waals surface area contributed by atoms with Gasteiger partial charge in [-0.15, -0.1) is 11.3 Å². The first-order valence-electron chi connectivity index (χ1n) is 7.87. The lowest BCUT2D eigenvalue weighted by molar-refractivity contribution is -0.649. The van der Waals surface area contributed by atoms with E-state index in [0.717, 1.165) is 12.7 Å². The second-order valence-electron chi connectivity index (χ2n) is 6.11. The Labute approximate surface area is 197 Å². The van der Waals surface area contributed by atoms with Crippen molar-refractivity contribution < 1.29 is 30.5 Å². The number of nitrogens with zero attached hydrogens (tertiary/aromatic N) is 2. The minimum absolute atomic E-state index is 0.393. The standard InChI is InChI=1S/C15H9BrClN2O6S5/c16-12-4-10-15(27-12)28-14(19(10)7-30(23,24)25)5-13-18(6-29(20,21)22)9-3-8(17)1-2-11(9)26-13/h1-5H,6-7H2/p+1. The number of fused-ring (bicyclic) bond motifs is 2. The number of thiophene rings is 1. The molecular weight excluding hydrogens is 580 g/mol. The summed E-state index contributed by atoms with van der Waals surface area (Å²) in [6.45, 7) is 0. The summed E-state index contributed by atoms with van der Waals surface area (Å²) in [6.07, 6.45) is 1.60. The van der Waals surface area contributed by atoms with Crippen molar-refractivity contribution in [2.75, 3.05) is 10.8 Å². The molecule has 0 atom stereocenters. The Hall–Kier alpha value is -0.710. The quantitative estimate of drug-likeness (QED) is 0.351. The third-order valence-corrected chi connectivity index (χ3v) is 9.29. The van der Waals surface area contributed by atoms with Gasteiger partial charge in [0.05, 0.1) is 24.8 Å². The van der Waals surface area contributed by atoms with Crippen molar-refractivity contribution >= 4 is 104 Å². The van der Waals surface area contributed by atoms with Gasteiger partial charge >= 0.3 is 20.2 Å². The molecular formula is C15H10BrClN2O6S5+. The van der Waals surface area contributed by atoms with Gasteiger partial charge in [0.25, 0.3) is 10.9 Å². The first-order chi connectivity index (χ1) is 13.9. The van der Waals surface area contributed by atoms with Crippen LogP contribution in [0.5, 0.6) is 0 Å². The van der Waals surface area contributed by atoms with Crippen LogP contribution in [0.2, 0.25) is 5.02 Å². The zero-order chi connectivity index (χ0) is 21.8. The van der Waals surface area contributed by atoms with Crippen molar-refractivity contribution in [3.63, 3.8) is 0 Å². The molecule has 3 heterocycles. The summed E-state index contributed by atoms with van der Waals surface area (Å²) in [5, 5.41) is 1.28. The highest BCUT2D eigenvalue weighted by atomic mass is 79.9. The van der Waals surface area contributed by atoms with Gasteiger partial charge < -0.3 is 4.90 Å². The van der Waals surface area contributed by atoms with E-state index in [1.807, 2.05) is 0 Å². The number of aromatic nitrogens is 1. The summed E-state index contributed by atoms with van der Waals surface area (Å²) in [7, 11) is -8.95. The van der Waals surface area contributed by atoms with Gasteiger partial charge in [-0.2, -0.15) is 21.4 Å². The average Bonchev–Trinajstić information content (AvgIpc) is 3.19. The van der Waals surface area contributed by atoms with Crippen LogP contribution in [0.4, 0.5) is 5.69 Å². The van der Waals surface area contributed by atoms with Crippen LogP contribution in [-0.2, 0) is 30.7 Å². The molecule has 0 saturated heterocycles. The number of rotatable bonds is 5. The van der Waals surface area contributed by atoms with Crippen molar-refractivity contribution in [1.29, 1.82) is 0 Å². The molecule has 1 N–H and O–H groups in total. The summed E-state index contributed by atoms with van der Waals surface area (Å²) in [4.78, 5) is 1.37. The topological polar surface area (TPSA) is 116 Å². The molecule has 30 heavy (non-hydrogen) atoms. The van der Waals surface area contributed by atoms with E-state index in [9.17, 15) is 25.9 Å². The summed E-state index contributed by atoms with van der Waals surface area (Å²) >= 11 is 13.3. The second-order valence-corrected chi connectivity index (χ2v) is 14.1. The van der Waals surface area contributed by atoms with Crippen molar-refractivity contribution in [3.05, 3.63) is 43.1 Å². The molecule has 2 aromatic heterocycles. The maximum atomic E-state index is 11.6. The van der Waals surface area contributed by atoms with Crippen molar-refractivity contribution in [2.45, 2.75) is 10.1 Å². The SMILES string of the molecule is [O]S(=O)(=O)CN1C(=Cc2sc3ccc(Cl)cc3[n+]2CS(=O)(=O)O)Sc2sc(Br)cc21. The summed E-state index contributed by atoms with van der Waals surface area (Å²) in [5.41, 5.74) is 1.08. The number of thioether (sulfide) groups is 1. The molecule has 8 nitrogen and oxygen atoms in total. The van der Waals surface area contributed by atoms with E-state index in [1.165, 1.54) is 43.9 Å². The third kappa shape index (κ3) is 4.86. The van der Waals surface area contributed by atoms with E-state index in [1.54, 1.807) is 30.3 Å². The predicted molar refractivity (Wildman–Crippen MR) is 121 cm³/mol. The Morgan fingerprint density at radius 1 is 1.20 bits per heavy atom. The number of thiazole rings is 1. The number of halogens is 2. The number of hydrogen-bond acceptors (Lipinski definition) is 8. The molecule has 0 bridgehead atoms. The lowest BCUT2D eigenvalue weighted by Crippen LogP contribution is -2.39. The molecule has 159 valence electrons. The van der Waals surface area contributed by atoms with E-state index in [-0.39, 0.29) is 0 Å². The molecule has 1 aliphatic heterocycles. The highest BCUT2D eigenvalue weighted by Gasteiger charge is 2.33. The summed E-state index contributed by atoms with van der Waals surface area (Å²) in [6, 6.07) is 6.68.